The zero-order valence-corrected chi connectivity index (χ0v) is 9.38. The monoisotopic (exact) mass is 233 g/mol. The molecule has 0 bridgehead atoms. The van der Waals surface area contributed by atoms with E-state index in [1.54, 1.807) is 6.07 Å². The largest absolute Gasteiger partial charge is 0.304 e. The summed E-state index contributed by atoms with van der Waals surface area (Å²) >= 11 is 1.43. The average molecular weight is 233 g/mol. The fraction of sp³-hybridized carbons (Fsp3) is 0.273. The van der Waals surface area contributed by atoms with Crippen molar-refractivity contribution in [2.45, 2.75) is 18.8 Å². The van der Waals surface area contributed by atoms with E-state index in [0.29, 0.717) is 16.6 Å². The number of nitrogens with one attached hydrogen (secondary N) is 2. The SMILES string of the molecule is O=C(Nc1cc(C2CC2)[nH]n1)c1cccs1. The van der Waals surface area contributed by atoms with Gasteiger partial charge < -0.3 is 5.32 Å². The molecule has 16 heavy (non-hydrogen) atoms. The van der Waals surface area contributed by atoms with Crippen LogP contribution in [0, 0.1) is 0 Å². The lowest BCUT2D eigenvalue weighted by molar-refractivity contribution is 0.103. The normalized spacial score (nSPS) is 15.0. The number of nitrogens with zero attached hydrogens (tertiary/aromatic N) is 1. The quantitative estimate of drug-likeness (QED) is 0.856. The third kappa shape index (κ3) is 1.86. The van der Waals surface area contributed by atoms with E-state index in [2.05, 4.69) is 15.5 Å². The zero-order chi connectivity index (χ0) is 11.0. The van der Waals surface area contributed by atoms with Crippen LogP contribution in [0.3, 0.4) is 0 Å². The molecule has 1 aliphatic carbocycles. The number of hydrogen-bond acceptors (Lipinski definition) is 3. The lowest BCUT2D eigenvalue weighted by atomic mass is 10.3. The van der Waals surface area contributed by atoms with Gasteiger partial charge in [-0.25, -0.2) is 0 Å². The molecule has 82 valence electrons. The van der Waals surface area contributed by atoms with Gasteiger partial charge in [0.1, 0.15) is 0 Å². The first-order valence-corrected chi connectivity index (χ1v) is 6.11. The Morgan fingerprint density at radius 3 is 3.12 bits per heavy atom. The van der Waals surface area contributed by atoms with Gasteiger partial charge in [0.15, 0.2) is 5.82 Å². The number of anilines is 1. The van der Waals surface area contributed by atoms with Crippen molar-refractivity contribution in [3.05, 3.63) is 34.2 Å². The maximum atomic E-state index is 11.7. The van der Waals surface area contributed by atoms with Gasteiger partial charge in [-0.05, 0) is 24.3 Å². The van der Waals surface area contributed by atoms with Crippen molar-refractivity contribution in [3.8, 4) is 0 Å². The predicted octanol–water partition coefficient (Wildman–Crippen LogP) is 2.60. The van der Waals surface area contributed by atoms with Gasteiger partial charge in [-0.3, -0.25) is 9.89 Å². The van der Waals surface area contributed by atoms with E-state index in [9.17, 15) is 4.79 Å². The summed E-state index contributed by atoms with van der Waals surface area (Å²) in [6, 6.07) is 5.58. The molecule has 0 saturated heterocycles. The molecule has 0 radical (unpaired) electrons. The molecule has 2 N–H and O–H groups in total. The van der Waals surface area contributed by atoms with Crippen LogP contribution in [0.1, 0.15) is 34.1 Å². The van der Waals surface area contributed by atoms with Crippen molar-refractivity contribution in [2.75, 3.05) is 5.32 Å². The number of carbonyl (C=O) groups is 1. The van der Waals surface area contributed by atoms with Crippen LogP contribution in [-0.4, -0.2) is 16.1 Å². The van der Waals surface area contributed by atoms with E-state index >= 15 is 0 Å². The van der Waals surface area contributed by atoms with Crippen LogP contribution in [0.25, 0.3) is 0 Å². The summed E-state index contributed by atoms with van der Waals surface area (Å²) < 4.78 is 0. The molecular formula is C11H11N3OS. The van der Waals surface area contributed by atoms with Crippen molar-refractivity contribution in [1.29, 1.82) is 0 Å². The minimum Gasteiger partial charge on any atom is -0.304 e. The van der Waals surface area contributed by atoms with E-state index in [0.717, 1.165) is 5.69 Å². The van der Waals surface area contributed by atoms with Gasteiger partial charge in [0.25, 0.3) is 5.91 Å². The minimum atomic E-state index is -0.0937. The van der Waals surface area contributed by atoms with E-state index in [4.69, 9.17) is 0 Å². The fourth-order valence-corrected chi connectivity index (χ4v) is 2.21. The standard InChI is InChI=1S/C11H11N3OS/c15-11(9-2-1-5-16-9)12-10-6-8(13-14-10)7-3-4-7/h1-2,5-7H,3-4H2,(H2,12,13,14,15). The van der Waals surface area contributed by atoms with Gasteiger partial charge in [0.05, 0.1) is 4.88 Å². The summed E-state index contributed by atoms with van der Waals surface area (Å²) in [6.45, 7) is 0. The number of aromatic nitrogens is 2. The van der Waals surface area contributed by atoms with Gasteiger partial charge in [-0.2, -0.15) is 5.10 Å². The Morgan fingerprint density at radius 2 is 2.44 bits per heavy atom. The van der Waals surface area contributed by atoms with Gasteiger partial charge >= 0.3 is 0 Å². The Bertz CT molecular complexity index is 499. The minimum absolute atomic E-state index is 0.0937. The Morgan fingerprint density at radius 1 is 1.56 bits per heavy atom. The van der Waals surface area contributed by atoms with Crippen molar-refractivity contribution in [1.82, 2.24) is 10.2 Å². The second-order valence-corrected chi connectivity index (χ2v) is 4.86. The summed E-state index contributed by atoms with van der Waals surface area (Å²) in [7, 11) is 0. The molecule has 0 aromatic carbocycles. The molecular weight excluding hydrogens is 222 g/mol. The third-order valence-electron chi connectivity index (χ3n) is 2.60. The van der Waals surface area contributed by atoms with Gasteiger partial charge in [0, 0.05) is 17.7 Å². The fourth-order valence-electron chi connectivity index (χ4n) is 1.59. The number of H-pyrrole nitrogens is 1. The average Bonchev–Trinajstić information content (AvgIpc) is 2.82. The van der Waals surface area contributed by atoms with Crippen molar-refractivity contribution in [2.24, 2.45) is 0 Å². The zero-order valence-electron chi connectivity index (χ0n) is 8.56. The summed E-state index contributed by atoms with van der Waals surface area (Å²) in [4.78, 5) is 12.4. The maximum absolute atomic E-state index is 11.7. The van der Waals surface area contributed by atoms with E-state index in [1.807, 2.05) is 17.5 Å². The highest BCUT2D eigenvalue weighted by Crippen LogP contribution is 2.39. The van der Waals surface area contributed by atoms with Crippen LogP contribution >= 0.6 is 11.3 Å². The van der Waals surface area contributed by atoms with Crippen LogP contribution in [0.5, 0.6) is 0 Å². The Labute approximate surface area is 96.7 Å². The maximum Gasteiger partial charge on any atom is 0.266 e. The van der Waals surface area contributed by atoms with Gasteiger partial charge in [0.2, 0.25) is 0 Å². The van der Waals surface area contributed by atoms with E-state index < -0.39 is 0 Å². The van der Waals surface area contributed by atoms with E-state index in [-0.39, 0.29) is 5.91 Å². The molecule has 2 aromatic rings. The third-order valence-corrected chi connectivity index (χ3v) is 3.47. The number of carbonyl (C=O) groups excluding carboxylic acids is 1. The van der Waals surface area contributed by atoms with Crippen molar-refractivity contribution in [3.63, 3.8) is 0 Å². The summed E-state index contributed by atoms with van der Waals surface area (Å²) in [5, 5.41) is 11.7. The van der Waals surface area contributed by atoms with Crippen LogP contribution in [0.4, 0.5) is 5.82 Å². The molecule has 1 aliphatic rings. The van der Waals surface area contributed by atoms with Crippen molar-refractivity contribution >= 4 is 23.1 Å². The molecule has 4 nitrogen and oxygen atoms in total. The molecule has 3 rings (SSSR count). The molecule has 1 saturated carbocycles. The van der Waals surface area contributed by atoms with Crippen LogP contribution in [0.15, 0.2) is 23.6 Å². The second kappa shape index (κ2) is 3.75. The predicted molar refractivity (Wildman–Crippen MR) is 62.8 cm³/mol. The summed E-state index contributed by atoms with van der Waals surface area (Å²) in [5.74, 6) is 1.14. The second-order valence-electron chi connectivity index (χ2n) is 3.91. The van der Waals surface area contributed by atoms with Crippen LogP contribution < -0.4 is 5.32 Å². The molecule has 1 amide bonds. The molecule has 0 atom stereocenters. The molecule has 2 aromatic heterocycles. The molecule has 2 heterocycles. The van der Waals surface area contributed by atoms with Crippen LogP contribution in [0.2, 0.25) is 0 Å². The van der Waals surface area contributed by atoms with Crippen LogP contribution in [-0.2, 0) is 0 Å². The summed E-state index contributed by atoms with van der Waals surface area (Å²) in [5.41, 5.74) is 1.13. The highest BCUT2D eigenvalue weighted by Gasteiger charge is 2.25. The first kappa shape index (κ1) is 9.59. The number of rotatable bonds is 3. The molecule has 0 aliphatic heterocycles. The van der Waals surface area contributed by atoms with Crippen molar-refractivity contribution < 1.29 is 4.79 Å². The highest BCUT2D eigenvalue weighted by atomic mass is 32.1. The Hall–Kier alpha value is -1.62. The number of amides is 1. The lowest BCUT2D eigenvalue weighted by Crippen LogP contribution is -2.10. The summed E-state index contributed by atoms with van der Waals surface area (Å²) in [6.07, 6.45) is 2.45. The Balaban J connectivity index is 1.71. The number of aromatic amines is 1. The molecule has 5 heteroatoms. The highest BCUT2D eigenvalue weighted by molar-refractivity contribution is 7.12. The Kier molecular flexibility index (Phi) is 2.25. The number of hydrogen-bond donors (Lipinski definition) is 2. The number of thiophene rings is 1. The smallest absolute Gasteiger partial charge is 0.266 e. The van der Waals surface area contributed by atoms with Gasteiger partial charge in [-0.1, -0.05) is 6.07 Å². The molecule has 1 fully saturated rings. The topological polar surface area (TPSA) is 57.8 Å². The van der Waals surface area contributed by atoms with E-state index in [1.165, 1.54) is 24.2 Å². The lowest BCUT2D eigenvalue weighted by Gasteiger charge is -1.97. The van der Waals surface area contributed by atoms with Gasteiger partial charge in [-0.15, -0.1) is 11.3 Å². The first-order valence-electron chi connectivity index (χ1n) is 5.23. The molecule has 0 unspecified atom stereocenters. The molecule has 0 spiro atoms. The first-order chi connectivity index (χ1) is 7.83.